The van der Waals surface area contributed by atoms with Gasteiger partial charge in [-0.2, -0.15) is 0 Å². The molecule has 0 saturated carbocycles. The van der Waals surface area contributed by atoms with Crippen LogP contribution in [0.4, 0.5) is 11.4 Å². The number of carbonyl (C=O) groups is 3. The Hall–Kier alpha value is -3.84. The quantitative estimate of drug-likeness (QED) is 0.230. The number of esters is 1. The summed E-state index contributed by atoms with van der Waals surface area (Å²) in [4.78, 5) is 41.6. The van der Waals surface area contributed by atoms with E-state index in [1.54, 1.807) is 24.3 Å². The molecule has 0 aromatic heterocycles. The van der Waals surface area contributed by atoms with Gasteiger partial charge in [0.1, 0.15) is 10.6 Å². The summed E-state index contributed by atoms with van der Waals surface area (Å²) in [5, 5.41) is 3.20. The lowest BCUT2D eigenvalue weighted by molar-refractivity contribution is -0.120. The highest BCUT2D eigenvalue weighted by Crippen LogP contribution is 2.38. The van der Waals surface area contributed by atoms with Crippen molar-refractivity contribution in [3.05, 3.63) is 101 Å². The monoisotopic (exact) mass is 514 g/mol. The molecule has 3 aromatic rings. The van der Waals surface area contributed by atoms with Crippen LogP contribution >= 0.6 is 11.8 Å². The molecule has 1 aliphatic heterocycles. The van der Waals surface area contributed by atoms with Gasteiger partial charge in [0.25, 0.3) is 11.8 Å². The topological polar surface area (TPSA) is 75.7 Å². The van der Waals surface area contributed by atoms with Gasteiger partial charge in [0, 0.05) is 10.6 Å². The standard InChI is InChI=1S/C30H30N2O4S/c1-3-5-9-21-12-16-23(17-13-21)31-26-27(37-25-10-7-6-8-11-25)29(34)32(28(26)33)24-18-14-22(15-19-24)30(35)36-20-4-2/h6-8,10-19,31H,3-5,9,20H2,1-2H3. The number of ether oxygens (including phenoxy) is 1. The molecule has 3 aromatic carbocycles. The van der Waals surface area contributed by atoms with Gasteiger partial charge in [0.15, 0.2) is 0 Å². The Morgan fingerprint density at radius 3 is 2.22 bits per heavy atom. The fraction of sp³-hybridized carbons (Fsp3) is 0.233. The SMILES string of the molecule is CCCCc1ccc(NC2=C(Sc3ccccc3)C(=O)N(c3ccc(C(=O)OCCC)cc3)C2=O)cc1. The molecule has 0 atom stereocenters. The second kappa shape index (κ2) is 12.4. The van der Waals surface area contributed by atoms with E-state index in [0.29, 0.717) is 22.8 Å². The van der Waals surface area contributed by atoms with Gasteiger partial charge in [-0.1, -0.05) is 62.4 Å². The van der Waals surface area contributed by atoms with Crippen molar-refractivity contribution in [2.24, 2.45) is 0 Å². The zero-order valence-corrected chi connectivity index (χ0v) is 21.8. The Kier molecular flexibility index (Phi) is 8.80. The van der Waals surface area contributed by atoms with Crippen LogP contribution in [0.1, 0.15) is 49.0 Å². The first-order chi connectivity index (χ1) is 18.0. The van der Waals surface area contributed by atoms with Crippen LogP contribution in [-0.4, -0.2) is 24.4 Å². The lowest BCUT2D eigenvalue weighted by Gasteiger charge is -2.16. The predicted molar refractivity (Wildman–Crippen MR) is 148 cm³/mol. The van der Waals surface area contributed by atoms with Crippen LogP contribution in [-0.2, 0) is 20.7 Å². The van der Waals surface area contributed by atoms with E-state index in [2.05, 4.69) is 12.2 Å². The number of anilines is 2. The highest BCUT2D eigenvalue weighted by Gasteiger charge is 2.40. The average molecular weight is 515 g/mol. The second-order valence-electron chi connectivity index (χ2n) is 8.67. The fourth-order valence-corrected chi connectivity index (χ4v) is 4.81. The zero-order valence-electron chi connectivity index (χ0n) is 21.0. The number of aryl methyl sites for hydroxylation is 1. The molecule has 6 nitrogen and oxygen atoms in total. The first-order valence-electron chi connectivity index (χ1n) is 12.5. The number of rotatable bonds is 11. The second-order valence-corrected chi connectivity index (χ2v) is 9.76. The maximum Gasteiger partial charge on any atom is 0.338 e. The minimum atomic E-state index is -0.445. The van der Waals surface area contributed by atoms with Gasteiger partial charge in [0.05, 0.1) is 17.9 Å². The molecular weight excluding hydrogens is 484 g/mol. The van der Waals surface area contributed by atoms with Crippen molar-refractivity contribution in [2.45, 2.75) is 44.4 Å². The Balaban J connectivity index is 1.61. The molecule has 0 fully saturated rings. The van der Waals surface area contributed by atoms with Gasteiger partial charge in [-0.25, -0.2) is 9.69 Å². The molecule has 190 valence electrons. The van der Waals surface area contributed by atoms with E-state index in [9.17, 15) is 14.4 Å². The number of benzene rings is 3. The third-order valence-corrected chi connectivity index (χ3v) is 6.94. The lowest BCUT2D eigenvalue weighted by Crippen LogP contribution is -2.32. The molecule has 1 aliphatic rings. The lowest BCUT2D eigenvalue weighted by atomic mass is 10.1. The van der Waals surface area contributed by atoms with Crippen molar-refractivity contribution in [1.82, 2.24) is 0 Å². The third kappa shape index (κ3) is 6.30. The Morgan fingerprint density at radius 2 is 1.57 bits per heavy atom. The van der Waals surface area contributed by atoms with Gasteiger partial charge in [-0.3, -0.25) is 9.59 Å². The number of unbranched alkanes of at least 4 members (excludes halogenated alkanes) is 1. The number of hydrogen-bond donors (Lipinski definition) is 1. The van der Waals surface area contributed by atoms with Crippen molar-refractivity contribution in [2.75, 3.05) is 16.8 Å². The average Bonchev–Trinajstić information content (AvgIpc) is 3.15. The Morgan fingerprint density at radius 1 is 0.865 bits per heavy atom. The van der Waals surface area contributed by atoms with Crippen LogP contribution < -0.4 is 10.2 Å². The Bertz CT molecular complexity index is 1290. The molecule has 1 N–H and O–H groups in total. The number of carbonyl (C=O) groups excluding carboxylic acids is 3. The van der Waals surface area contributed by atoms with E-state index in [4.69, 9.17) is 4.74 Å². The summed E-state index contributed by atoms with van der Waals surface area (Å²) in [5.74, 6) is -1.29. The molecule has 0 saturated heterocycles. The molecule has 1 heterocycles. The van der Waals surface area contributed by atoms with Gasteiger partial charge in [-0.15, -0.1) is 0 Å². The Labute approximate surface area is 221 Å². The number of imide groups is 1. The van der Waals surface area contributed by atoms with Crippen molar-refractivity contribution >= 4 is 40.9 Å². The summed E-state index contributed by atoms with van der Waals surface area (Å²) in [6.07, 6.45) is 3.97. The van der Waals surface area contributed by atoms with Crippen LogP contribution in [0.25, 0.3) is 0 Å². The zero-order chi connectivity index (χ0) is 26.2. The minimum absolute atomic E-state index is 0.228. The van der Waals surface area contributed by atoms with Gasteiger partial charge >= 0.3 is 5.97 Å². The van der Waals surface area contributed by atoms with Crippen LogP contribution in [0.15, 0.2) is 94.4 Å². The largest absolute Gasteiger partial charge is 0.462 e. The molecule has 0 unspecified atom stereocenters. The van der Waals surface area contributed by atoms with Gasteiger partial charge < -0.3 is 10.1 Å². The smallest absolute Gasteiger partial charge is 0.338 e. The first-order valence-corrected chi connectivity index (χ1v) is 13.3. The number of nitrogens with one attached hydrogen (secondary N) is 1. The first kappa shape index (κ1) is 26.2. The van der Waals surface area contributed by atoms with E-state index >= 15 is 0 Å². The number of amides is 2. The number of nitrogens with zero attached hydrogens (tertiary/aromatic N) is 1. The summed E-state index contributed by atoms with van der Waals surface area (Å²) in [5.41, 5.74) is 2.95. The van der Waals surface area contributed by atoms with Crippen molar-refractivity contribution in [1.29, 1.82) is 0 Å². The van der Waals surface area contributed by atoms with Crippen molar-refractivity contribution < 1.29 is 19.1 Å². The summed E-state index contributed by atoms with van der Waals surface area (Å²) in [6.45, 7) is 4.42. The third-order valence-electron chi connectivity index (χ3n) is 5.85. The molecule has 7 heteroatoms. The van der Waals surface area contributed by atoms with E-state index in [0.717, 1.165) is 41.2 Å². The fourth-order valence-electron chi connectivity index (χ4n) is 3.86. The maximum atomic E-state index is 13.6. The van der Waals surface area contributed by atoms with Crippen molar-refractivity contribution in [3.63, 3.8) is 0 Å². The van der Waals surface area contributed by atoms with E-state index in [-0.39, 0.29) is 5.70 Å². The number of hydrogen-bond acceptors (Lipinski definition) is 6. The van der Waals surface area contributed by atoms with Gasteiger partial charge in [0.2, 0.25) is 0 Å². The highest BCUT2D eigenvalue weighted by atomic mass is 32.2. The summed E-state index contributed by atoms with van der Waals surface area (Å²) < 4.78 is 5.17. The molecule has 4 rings (SSSR count). The maximum absolute atomic E-state index is 13.6. The highest BCUT2D eigenvalue weighted by molar-refractivity contribution is 8.04. The summed E-state index contributed by atoms with van der Waals surface area (Å²) in [6, 6.07) is 23.7. The summed E-state index contributed by atoms with van der Waals surface area (Å²) in [7, 11) is 0. The van der Waals surface area contributed by atoms with Crippen molar-refractivity contribution in [3.8, 4) is 0 Å². The van der Waals surface area contributed by atoms with Crippen LogP contribution in [0.2, 0.25) is 0 Å². The molecule has 0 radical (unpaired) electrons. The van der Waals surface area contributed by atoms with Crippen LogP contribution in [0.5, 0.6) is 0 Å². The van der Waals surface area contributed by atoms with Gasteiger partial charge in [-0.05, 0) is 73.4 Å². The normalized spacial score (nSPS) is 13.3. The summed E-state index contributed by atoms with van der Waals surface area (Å²) >= 11 is 1.25. The molecule has 37 heavy (non-hydrogen) atoms. The molecule has 0 bridgehead atoms. The molecule has 0 spiro atoms. The van der Waals surface area contributed by atoms with E-state index in [1.165, 1.54) is 17.3 Å². The van der Waals surface area contributed by atoms with E-state index in [1.807, 2.05) is 61.5 Å². The molecule has 2 amide bonds. The number of thioether (sulfide) groups is 1. The molecular formula is C30H30N2O4S. The van der Waals surface area contributed by atoms with E-state index < -0.39 is 17.8 Å². The minimum Gasteiger partial charge on any atom is -0.462 e. The van der Waals surface area contributed by atoms with Crippen LogP contribution in [0.3, 0.4) is 0 Å². The molecule has 0 aliphatic carbocycles. The predicted octanol–water partition coefficient (Wildman–Crippen LogP) is 6.59. The van der Waals surface area contributed by atoms with Crippen LogP contribution in [0, 0.1) is 0 Å².